The zero-order valence-electron chi connectivity index (χ0n) is 14.5. The Balaban J connectivity index is 2.00. The summed E-state index contributed by atoms with van der Waals surface area (Å²) in [6.07, 6.45) is 1.47. The molecule has 1 aromatic rings. The van der Waals surface area contributed by atoms with Crippen LogP contribution in [0.5, 0.6) is 0 Å². The lowest BCUT2D eigenvalue weighted by Gasteiger charge is -2.42. The molecular weight excluding hydrogens is 258 g/mol. The summed E-state index contributed by atoms with van der Waals surface area (Å²) in [6, 6.07) is 11.1. The van der Waals surface area contributed by atoms with E-state index in [4.69, 9.17) is 4.74 Å². The maximum Gasteiger partial charge on any atom is 0.0722 e. The van der Waals surface area contributed by atoms with Crippen LogP contribution in [0, 0.1) is 5.41 Å². The molecule has 0 N–H and O–H groups in total. The molecule has 0 aliphatic carbocycles. The highest BCUT2D eigenvalue weighted by molar-refractivity contribution is 5.13. The predicted molar refractivity (Wildman–Crippen MR) is 89.3 cm³/mol. The molecule has 1 fully saturated rings. The number of likely N-dealkylation sites (tertiary alicyclic amines) is 1. The Kier molecular flexibility index (Phi) is 4.79. The summed E-state index contributed by atoms with van der Waals surface area (Å²) in [7, 11) is 0. The van der Waals surface area contributed by atoms with Gasteiger partial charge in [-0.3, -0.25) is 4.90 Å². The van der Waals surface area contributed by atoms with Gasteiger partial charge in [-0.1, -0.05) is 51.1 Å². The van der Waals surface area contributed by atoms with Gasteiger partial charge in [0.1, 0.15) is 0 Å². The Morgan fingerprint density at radius 2 is 1.67 bits per heavy atom. The highest BCUT2D eigenvalue weighted by Gasteiger charge is 2.43. The molecule has 0 spiro atoms. The predicted octanol–water partition coefficient (Wildman–Crippen LogP) is 4.49. The molecule has 21 heavy (non-hydrogen) atoms. The van der Waals surface area contributed by atoms with Crippen LogP contribution >= 0.6 is 0 Å². The van der Waals surface area contributed by atoms with Crippen LogP contribution in [0.15, 0.2) is 30.3 Å². The molecule has 0 saturated carbocycles. The molecule has 1 saturated heterocycles. The Labute approximate surface area is 130 Å². The summed E-state index contributed by atoms with van der Waals surface area (Å²) in [5.74, 6) is 0. The molecule has 2 atom stereocenters. The van der Waals surface area contributed by atoms with Gasteiger partial charge in [0.05, 0.1) is 12.7 Å². The Morgan fingerprint density at radius 1 is 1.05 bits per heavy atom. The first-order chi connectivity index (χ1) is 9.68. The molecule has 0 aromatic heterocycles. The minimum Gasteiger partial charge on any atom is -0.372 e. The molecule has 1 aliphatic rings. The topological polar surface area (TPSA) is 12.5 Å². The Hall–Kier alpha value is -0.860. The van der Waals surface area contributed by atoms with Gasteiger partial charge >= 0.3 is 0 Å². The average molecular weight is 289 g/mol. The van der Waals surface area contributed by atoms with Gasteiger partial charge in [0, 0.05) is 18.1 Å². The van der Waals surface area contributed by atoms with E-state index < -0.39 is 0 Å². The first-order valence-electron chi connectivity index (χ1n) is 8.10. The number of benzene rings is 1. The number of hydrogen-bond donors (Lipinski definition) is 0. The van der Waals surface area contributed by atoms with E-state index in [0.29, 0.717) is 12.1 Å². The van der Waals surface area contributed by atoms with Gasteiger partial charge in [-0.25, -0.2) is 0 Å². The molecule has 2 rings (SSSR count). The highest BCUT2D eigenvalue weighted by atomic mass is 16.5. The van der Waals surface area contributed by atoms with Crippen LogP contribution in [0.25, 0.3) is 0 Å². The largest absolute Gasteiger partial charge is 0.372 e. The lowest BCUT2D eigenvalue weighted by molar-refractivity contribution is 0.0325. The smallest absolute Gasteiger partial charge is 0.0722 e. The summed E-state index contributed by atoms with van der Waals surface area (Å²) >= 11 is 0. The van der Waals surface area contributed by atoms with Crippen LogP contribution in [0.3, 0.4) is 0 Å². The van der Waals surface area contributed by atoms with Crippen LogP contribution in [0.1, 0.15) is 53.5 Å². The Bertz CT molecular complexity index is 419. The number of rotatable bonds is 3. The van der Waals surface area contributed by atoms with Crippen molar-refractivity contribution < 1.29 is 4.74 Å². The van der Waals surface area contributed by atoms with E-state index in [1.54, 1.807) is 0 Å². The van der Waals surface area contributed by atoms with Gasteiger partial charge < -0.3 is 4.74 Å². The summed E-state index contributed by atoms with van der Waals surface area (Å²) < 4.78 is 6.20. The van der Waals surface area contributed by atoms with E-state index in [-0.39, 0.29) is 11.0 Å². The third kappa shape index (κ3) is 4.31. The van der Waals surface area contributed by atoms with Crippen molar-refractivity contribution >= 4 is 0 Å². The van der Waals surface area contributed by atoms with Gasteiger partial charge in [-0.15, -0.1) is 0 Å². The van der Waals surface area contributed by atoms with Gasteiger partial charge in [-0.05, 0) is 38.2 Å². The van der Waals surface area contributed by atoms with Crippen molar-refractivity contribution in [3.8, 4) is 0 Å². The van der Waals surface area contributed by atoms with Crippen molar-refractivity contribution in [2.45, 2.75) is 72.3 Å². The van der Waals surface area contributed by atoms with Gasteiger partial charge in [0.15, 0.2) is 0 Å². The van der Waals surface area contributed by atoms with Gasteiger partial charge in [-0.2, -0.15) is 0 Å². The van der Waals surface area contributed by atoms with Gasteiger partial charge in [0.2, 0.25) is 0 Å². The number of ether oxygens (including phenoxy) is 1. The van der Waals surface area contributed by atoms with E-state index in [0.717, 1.165) is 19.6 Å². The minimum absolute atomic E-state index is 0.197. The van der Waals surface area contributed by atoms with E-state index in [1.165, 1.54) is 5.56 Å². The van der Waals surface area contributed by atoms with Crippen molar-refractivity contribution in [3.05, 3.63) is 35.9 Å². The monoisotopic (exact) mass is 289 g/mol. The molecule has 118 valence electrons. The van der Waals surface area contributed by atoms with Crippen molar-refractivity contribution in [3.63, 3.8) is 0 Å². The molecular formula is C19H31NO. The first-order valence-corrected chi connectivity index (χ1v) is 8.10. The number of nitrogens with zero attached hydrogens (tertiary/aromatic N) is 1. The third-order valence-corrected chi connectivity index (χ3v) is 4.45. The molecule has 2 nitrogen and oxygen atoms in total. The van der Waals surface area contributed by atoms with Crippen molar-refractivity contribution in [1.29, 1.82) is 0 Å². The molecule has 2 heteroatoms. The van der Waals surface area contributed by atoms with E-state index in [2.05, 4.69) is 76.8 Å². The maximum atomic E-state index is 6.20. The fourth-order valence-corrected chi connectivity index (χ4v) is 3.27. The summed E-state index contributed by atoms with van der Waals surface area (Å²) in [5.41, 5.74) is 1.75. The van der Waals surface area contributed by atoms with Crippen LogP contribution in [-0.4, -0.2) is 29.1 Å². The second kappa shape index (κ2) is 6.10. The van der Waals surface area contributed by atoms with E-state index in [9.17, 15) is 0 Å². The number of hydrogen-bond acceptors (Lipinski definition) is 2. The van der Waals surface area contributed by atoms with Crippen molar-refractivity contribution in [2.75, 3.05) is 6.54 Å². The standard InChI is InChI=1S/C19H31NO/c1-18(2,3)17-12-16(13-20(17)19(4,5)6)21-14-15-10-8-7-9-11-15/h7-11,16-17H,12-14H2,1-6H3. The van der Waals surface area contributed by atoms with Crippen molar-refractivity contribution in [2.24, 2.45) is 5.41 Å². The summed E-state index contributed by atoms with van der Waals surface area (Å²) in [6.45, 7) is 15.7. The zero-order chi connectivity index (χ0) is 15.7. The van der Waals surface area contributed by atoms with Crippen LogP contribution in [0.4, 0.5) is 0 Å². The molecule has 0 amide bonds. The SMILES string of the molecule is CC(C)(C)C1CC(OCc2ccccc2)CN1C(C)(C)C. The van der Waals surface area contributed by atoms with Crippen LogP contribution < -0.4 is 0 Å². The molecule has 1 aliphatic heterocycles. The molecule has 0 bridgehead atoms. The quantitative estimate of drug-likeness (QED) is 0.813. The zero-order valence-corrected chi connectivity index (χ0v) is 14.5. The molecule has 1 heterocycles. The van der Waals surface area contributed by atoms with E-state index >= 15 is 0 Å². The molecule has 1 aromatic carbocycles. The first kappa shape index (κ1) is 16.5. The molecule has 2 unspecified atom stereocenters. The van der Waals surface area contributed by atoms with Crippen LogP contribution in [0.2, 0.25) is 0 Å². The lowest BCUT2D eigenvalue weighted by Crippen LogP contribution is -2.49. The summed E-state index contributed by atoms with van der Waals surface area (Å²) in [4.78, 5) is 2.63. The molecule has 0 radical (unpaired) electrons. The summed E-state index contributed by atoms with van der Waals surface area (Å²) in [5, 5.41) is 0. The Morgan fingerprint density at radius 3 is 2.14 bits per heavy atom. The van der Waals surface area contributed by atoms with Crippen LogP contribution in [-0.2, 0) is 11.3 Å². The second-order valence-electron chi connectivity index (χ2n) is 8.36. The minimum atomic E-state index is 0.197. The fraction of sp³-hybridized carbons (Fsp3) is 0.684. The van der Waals surface area contributed by atoms with E-state index in [1.807, 2.05) is 0 Å². The maximum absolute atomic E-state index is 6.20. The second-order valence-corrected chi connectivity index (χ2v) is 8.36. The normalized spacial score (nSPS) is 24.5. The third-order valence-electron chi connectivity index (χ3n) is 4.45. The average Bonchev–Trinajstić information content (AvgIpc) is 2.82. The fourth-order valence-electron chi connectivity index (χ4n) is 3.27. The highest BCUT2D eigenvalue weighted by Crippen LogP contribution is 2.38. The lowest BCUT2D eigenvalue weighted by atomic mass is 9.83. The van der Waals surface area contributed by atoms with Crippen molar-refractivity contribution in [1.82, 2.24) is 4.90 Å². The van der Waals surface area contributed by atoms with Gasteiger partial charge in [0.25, 0.3) is 0 Å².